The van der Waals surface area contributed by atoms with E-state index in [1.54, 1.807) is 19.2 Å². The molecule has 0 unspecified atom stereocenters. The maximum atomic E-state index is 10.1. The van der Waals surface area contributed by atoms with Gasteiger partial charge in [0.25, 0.3) is 0 Å². The topological polar surface area (TPSA) is 41.5 Å². The van der Waals surface area contributed by atoms with Gasteiger partial charge < -0.3 is 15.2 Å². The summed E-state index contributed by atoms with van der Waals surface area (Å²) in [6.45, 7) is 1.68. The fraction of sp³-hybridized carbons (Fsp3) is 0.625. The average Bonchev–Trinajstić information content (AvgIpc) is 3.29. The Bertz CT molecular complexity index is 472. The molecule has 2 aliphatic carbocycles. The molecule has 1 aromatic rings. The number of hydrogen-bond acceptors (Lipinski definition) is 3. The van der Waals surface area contributed by atoms with Gasteiger partial charge in [0.2, 0.25) is 0 Å². The molecule has 2 saturated carbocycles. The van der Waals surface area contributed by atoms with Crippen molar-refractivity contribution < 1.29 is 9.84 Å². The van der Waals surface area contributed by atoms with E-state index >= 15 is 0 Å². The molecule has 2 aliphatic rings. The van der Waals surface area contributed by atoms with Crippen LogP contribution in [-0.4, -0.2) is 18.8 Å². The molecule has 0 heterocycles. The third-order valence-corrected chi connectivity index (χ3v) is 4.71. The quantitative estimate of drug-likeness (QED) is 0.808. The Balaban J connectivity index is 1.58. The molecule has 0 aromatic heterocycles. The number of phenolic OH excluding ortho intramolecular Hbond substituents is 1. The summed E-state index contributed by atoms with van der Waals surface area (Å²) in [7, 11) is 1.54. The highest BCUT2D eigenvalue weighted by Crippen LogP contribution is 2.48. The van der Waals surface area contributed by atoms with Crippen LogP contribution in [0.1, 0.15) is 31.2 Å². The highest BCUT2D eigenvalue weighted by molar-refractivity contribution is 6.30. The largest absolute Gasteiger partial charge is 0.504 e. The van der Waals surface area contributed by atoms with E-state index in [2.05, 4.69) is 5.32 Å². The molecule has 3 nitrogen and oxygen atoms in total. The van der Waals surface area contributed by atoms with E-state index in [0.29, 0.717) is 17.3 Å². The molecule has 0 radical (unpaired) electrons. The summed E-state index contributed by atoms with van der Waals surface area (Å²) < 4.78 is 5.13. The molecular formula is C16H22ClNO2. The molecule has 0 aliphatic heterocycles. The molecule has 3 rings (SSSR count). The van der Waals surface area contributed by atoms with Crippen LogP contribution in [0, 0.1) is 17.8 Å². The zero-order valence-electron chi connectivity index (χ0n) is 11.9. The second kappa shape index (κ2) is 5.82. The van der Waals surface area contributed by atoms with Crippen molar-refractivity contribution in [3.8, 4) is 11.5 Å². The summed E-state index contributed by atoms with van der Waals surface area (Å²) in [5.74, 6) is 3.35. The molecular weight excluding hydrogens is 274 g/mol. The molecule has 1 aromatic carbocycles. The molecule has 2 N–H and O–H groups in total. The van der Waals surface area contributed by atoms with Gasteiger partial charge in [0.05, 0.1) is 7.11 Å². The van der Waals surface area contributed by atoms with Crippen LogP contribution in [0.5, 0.6) is 11.5 Å². The lowest BCUT2D eigenvalue weighted by Gasteiger charge is -2.17. The van der Waals surface area contributed by atoms with Gasteiger partial charge in [0, 0.05) is 23.2 Å². The second-order valence-corrected chi connectivity index (χ2v) is 6.52. The summed E-state index contributed by atoms with van der Waals surface area (Å²) in [4.78, 5) is 0. The molecule has 4 heteroatoms. The first-order chi connectivity index (χ1) is 9.69. The van der Waals surface area contributed by atoms with E-state index in [-0.39, 0.29) is 5.75 Å². The van der Waals surface area contributed by atoms with Crippen LogP contribution >= 0.6 is 11.6 Å². The van der Waals surface area contributed by atoms with E-state index in [1.807, 2.05) is 0 Å². The van der Waals surface area contributed by atoms with Crippen molar-refractivity contribution in [1.29, 1.82) is 0 Å². The average molecular weight is 296 g/mol. The van der Waals surface area contributed by atoms with E-state index in [9.17, 15) is 5.11 Å². The maximum Gasteiger partial charge on any atom is 0.162 e. The summed E-state index contributed by atoms with van der Waals surface area (Å²) in [5, 5.41) is 14.2. The predicted molar refractivity (Wildman–Crippen MR) is 80.3 cm³/mol. The van der Waals surface area contributed by atoms with Gasteiger partial charge in [0.15, 0.2) is 11.5 Å². The normalized spacial score (nSPS) is 18.6. The minimum absolute atomic E-state index is 0.193. The minimum atomic E-state index is 0.193. The van der Waals surface area contributed by atoms with Crippen molar-refractivity contribution in [3.05, 3.63) is 22.7 Å². The van der Waals surface area contributed by atoms with Gasteiger partial charge in [-0.1, -0.05) is 11.6 Å². The standard InChI is InChI=1S/C16H22ClNO2/c1-20-15-7-13(17)6-12(16(15)19)8-18-9-14(10-2-3-10)11-4-5-11/h6-7,10-11,14,18-19H,2-5,8-9H2,1H3. The first-order valence-corrected chi connectivity index (χ1v) is 7.83. The summed E-state index contributed by atoms with van der Waals surface area (Å²) in [6, 6.07) is 3.44. The smallest absolute Gasteiger partial charge is 0.162 e. The van der Waals surface area contributed by atoms with E-state index in [1.165, 1.54) is 25.7 Å². The fourth-order valence-electron chi connectivity index (χ4n) is 3.06. The van der Waals surface area contributed by atoms with Crippen LogP contribution < -0.4 is 10.1 Å². The van der Waals surface area contributed by atoms with Gasteiger partial charge in [0.1, 0.15) is 0 Å². The van der Waals surface area contributed by atoms with E-state index in [0.717, 1.165) is 29.9 Å². The molecule has 0 spiro atoms. The van der Waals surface area contributed by atoms with Crippen molar-refractivity contribution in [1.82, 2.24) is 5.32 Å². The van der Waals surface area contributed by atoms with E-state index < -0.39 is 0 Å². The molecule has 0 bridgehead atoms. The molecule has 2 fully saturated rings. The Morgan fingerprint density at radius 1 is 1.30 bits per heavy atom. The van der Waals surface area contributed by atoms with Crippen molar-refractivity contribution >= 4 is 11.6 Å². The Morgan fingerprint density at radius 3 is 2.50 bits per heavy atom. The highest BCUT2D eigenvalue weighted by atomic mass is 35.5. The number of halogens is 1. The number of phenols is 1. The number of rotatable bonds is 7. The lowest BCUT2D eigenvalue weighted by molar-refractivity contribution is 0.362. The van der Waals surface area contributed by atoms with Crippen LogP contribution in [0.4, 0.5) is 0 Å². The van der Waals surface area contributed by atoms with Gasteiger partial charge >= 0.3 is 0 Å². The number of ether oxygens (including phenoxy) is 1. The zero-order valence-corrected chi connectivity index (χ0v) is 12.6. The van der Waals surface area contributed by atoms with Crippen LogP contribution in [-0.2, 0) is 6.54 Å². The van der Waals surface area contributed by atoms with Gasteiger partial charge in [-0.3, -0.25) is 0 Å². The number of aromatic hydroxyl groups is 1. The molecule has 20 heavy (non-hydrogen) atoms. The Labute approximate surface area is 125 Å². The third-order valence-electron chi connectivity index (χ3n) is 4.49. The number of hydrogen-bond donors (Lipinski definition) is 2. The van der Waals surface area contributed by atoms with Gasteiger partial charge in [-0.25, -0.2) is 0 Å². The second-order valence-electron chi connectivity index (χ2n) is 6.09. The first-order valence-electron chi connectivity index (χ1n) is 7.45. The van der Waals surface area contributed by atoms with E-state index in [4.69, 9.17) is 16.3 Å². The lowest BCUT2D eigenvalue weighted by Crippen LogP contribution is -2.25. The SMILES string of the molecule is COc1cc(Cl)cc(CNCC(C2CC2)C2CC2)c1O. The van der Waals surface area contributed by atoms with Gasteiger partial charge in [-0.2, -0.15) is 0 Å². The molecule has 0 saturated heterocycles. The Morgan fingerprint density at radius 2 is 1.95 bits per heavy atom. The Kier molecular flexibility index (Phi) is 4.08. The van der Waals surface area contributed by atoms with Crippen molar-refractivity contribution in [2.24, 2.45) is 17.8 Å². The summed E-state index contributed by atoms with van der Waals surface area (Å²) in [6.07, 6.45) is 5.61. The highest BCUT2D eigenvalue weighted by Gasteiger charge is 2.40. The maximum absolute atomic E-state index is 10.1. The van der Waals surface area contributed by atoms with Crippen LogP contribution in [0.25, 0.3) is 0 Å². The van der Waals surface area contributed by atoms with Crippen LogP contribution in [0.2, 0.25) is 5.02 Å². The number of methoxy groups -OCH3 is 1. The van der Waals surface area contributed by atoms with Crippen molar-refractivity contribution in [2.45, 2.75) is 32.2 Å². The molecule has 110 valence electrons. The van der Waals surface area contributed by atoms with Gasteiger partial charge in [-0.05, 0) is 56.0 Å². The number of benzene rings is 1. The monoisotopic (exact) mass is 295 g/mol. The third kappa shape index (κ3) is 3.21. The predicted octanol–water partition coefficient (Wildman–Crippen LogP) is 3.58. The van der Waals surface area contributed by atoms with Crippen LogP contribution in [0.15, 0.2) is 12.1 Å². The van der Waals surface area contributed by atoms with Gasteiger partial charge in [-0.15, -0.1) is 0 Å². The first kappa shape index (κ1) is 14.0. The molecule has 0 amide bonds. The lowest BCUT2D eigenvalue weighted by atomic mass is 9.98. The van der Waals surface area contributed by atoms with Crippen molar-refractivity contribution in [3.63, 3.8) is 0 Å². The zero-order chi connectivity index (χ0) is 14.1. The minimum Gasteiger partial charge on any atom is -0.504 e. The summed E-state index contributed by atoms with van der Waals surface area (Å²) in [5.41, 5.74) is 0.805. The molecule has 0 atom stereocenters. The van der Waals surface area contributed by atoms with Crippen molar-refractivity contribution in [2.75, 3.05) is 13.7 Å². The van der Waals surface area contributed by atoms with Crippen LogP contribution in [0.3, 0.4) is 0 Å². The fourth-order valence-corrected chi connectivity index (χ4v) is 3.29. The summed E-state index contributed by atoms with van der Waals surface area (Å²) >= 11 is 6.04. The Hall–Kier alpha value is -0.930. The number of nitrogens with one attached hydrogen (secondary N) is 1.